The Kier molecular flexibility index (Phi) is 5.13. The Hall–Kier alpha value is -0.0400. The molecular weight excluding hydrogens is 402 g/mol. The van der Waals surface area contributed by atoms with Crippen LogP contribution in [0, 0.1) is 0 Å². The molecule has 2 rings (SSSR count). The molecule has 0 amide bonds. The minimum absolute atomic E-state index is 0.153. The van der Waals surface area contributed by atoms with E-state index < -0.39 is 20.2 Å². The molecule has 7 nitrogen and oxygen atoms in total. The highest BCUT2D eigenvalue weighted by atomic mass is 79.9. The minimum atomic E-state index is -3.57. The molecule has 1 aromatic heterocycles. The molecule has 1 fully saturated rings. The van der Waals surface area contributed by atoms with Gasteiger partial charge in [-0.15, -0.1) is 11.3 Å². The van der Waals surface area contributed by atoms with Crippen LogP contribution in [-0.4, -0.2) is 70.0 Å². The van der Waals surface area contributed by atoms with E-state index in [-0.39, 0.29) is 30.4 Å². The second-order valence-electron chi connectivity index (χ2n) is 4.65. The summed E-state index contributed by atoms with van der Waals surface area (Å²) in [6.07, 6.45) is 0. The van der Waals surface area contributed by atoms with Crippen molar-refractivity contribution in [1.29, 1.82) is 0 Å². The van der Waals surface area contributed by atoms with Gasteiger partial charge >= 0.3 is 0 Å². The fourth-order valence-corrected chi connectivity index (χ4v) is 6.91. The maximum absolute atomic E-state index is 12.5. The number of piperazine rings is 1. The van der Waals surface area contributed by atoms with Crippen molar-refractivity contribution in [1.82, 2.24) is 12.9 Å². The van der Waals surface area contributed by atoms with E-state index in [0.717, 1.165) is 15.6 Å². The van der Waals surface area contributed by atoms with E-state index in [1.54, 1.807) is 11.4 Å². The van der Waals surface area contributed by atoms with Crippen LogP contribution in [0.25, 0.3) is 0 Å². The van der Waals surface area contributed by atoms with E-state index in [4.69, 9.17) is 0 Å². The van der Waals surface area contributed by atoms with Crippen LogP contribution in [0.5, 0.6) is 0 Å². The molecule has 1 aromatic rings. The molecule has 0 aromatic carbocycles. The molecule has 0 atom stereocenters. The number of hydrogen-bond donors (Lipinski definition) is 0. The van der Waals surface area contributed by atoms with Crippen molar-refractivity contribution < 1.29 is 16.8 Å². The van der Waals surface area contributed by atoms with E-state index in [1.165, 1.54) is 22.7 Å². The minimum Gasteiger partial charge on any atom is -0.206 e. The number of sulfonamides is 1. The van der Waals surface area contributed by atoms with Gasteiger partial charge in [0.2, 0.25) is 0 Å². The van der Waals surface area contributed by atoms with Gasteiger partial charge in [0, 0.05) is 44.7 Å². The van der Waals surface area contributed by atoms with Gasteiger partial charge in [-0.2, -0.15) is 21.3 Å². The average molecular weight is 418 g/mol. The third kappa shape index (κ3) is 3.33. The molecule has 0 bridgehead atoms. The molecular formula is C10H16BrN3O4S3. The van der Waals surface area contributed by atoms with Gasteiger partial charge in [0.25, 0.3) is 20.2 Å². The Labute approximate surface area is 137 Å². The van der Waals surface area contributed by atoms with E-state index in [1.807, 2.05) is 0 Å². The molecule has 1 aliphatic heterocycles. The summed E-state index contributed by atoms with van der Waals surface area (Å²) in [5, 5.41) is 1.70. The molecule has 0 unspecified atom stereocenters. The Morgan fingerprint density at radius 2 is 1.62 bits per heavy atom. The van der Waals surface area contributed by atoms with Crippen molar-refractivity contribution in [3.8, 4) is 0 Å². The van der Waals surface area contributed by atoms with Gasteiger partial charge in [-0.1, -0.05) is 0 Å². The molecule has 11 heteroatoms. The number of thiophene rings is 1. The van der Waals surface area contributed by atoms with E-state index in [9.17, 15) is 16.8 Å². The molecule has 0 spiro atoms. The molecule has 0 N–H and O–H groups in total. The summed E-state index contributed by atoms with van der Waals surface area (Å²) in [5.74, 6) is 0. The zero-order chi connectivity index (χ0) is 15.8. The van der Waals surface area contributed by atoms with Crippen molar-refractivity contribution in [2.24, 2.45) is 0 Å². The lowest BCUT2D eigenvalue weighted by atomic mass is 10.4. The third-order valence-electron chi connectivity index (χ3n) is 3.14. The highest BCUT2D eigenvalue weighted by Crippen LogP contribution is 2.30. The van der Waals surface area contributed by atoms with Gasteiger partial charge in [0.1, 0.15) is 4.21 Å². The van der Waals surface area contributed by atoms with E-state index >= 15 is 0 Å². The maximum atomic E-state index is 12.5. The predicted octanol–water partition coefficient (Wildman–Crippen LogP) is 0.623. The van der Waals surface area contributed by atoms with Gasteiger partial charge in [-0.3, -0.25) is 0 Å². The first-order valence-corrected chi connectivity index (χ1v) is 10.6. The third-order valence-corrected chi connectivity index (χ3v) is 9.63. The lowest BCUT2D eigenvalue weighted by molar-refractivity contribution is 0.263. The van der Waals surface area contributed by atoms with Crippen molar-refractivity contribution in [2.45, 2.75) is 4.21 Å². The molecule has 2 heterocycles. The van der Waals surface area contributed by atoms with Crippen LogP contribution in [0.4, 0.5) is 0 Å². The average Bonchev–Trinajstić information content (AvgIpc) is 2.85. The standard InChI is InChI=1S/C10H16BrN3O4S3/c1-12(2)21(17,18)14-6-4-13(5-7-14)20(15,16)10-9(11)3-8-19-10/h3,8H,4-7H2,1-2H3. The zero-order valence-electron chi connectivity index (χ0n) is 11.6. The highest BCUT2D eigenvalue weighted by Gasteiger charge is 2.35. The normalized spacial score (nSPS) is 19.2. The largest absolute Gasteiger partial charge is 0.281 e. The first-order valence-electron chi connectivity index (χ1n) is 6.08. The fourth-order valence-electron chi connectivity index (χ4n) is 1.95. The zero-order valence-corrected chi connectivity index (χ0v) is 15.6. The summed E-state index contributed by atoms with van der Waals surface area (Å²) in [6, 6.07) is 1.68. The monoisotopic (exact) mass is 417 g/mol. The van der Waals surface area contributed by atoms with Crippen molar-refractivity contribution in [3.63, 3.8) is 0 Å². The van der Waals surface area contributed by atoms with Crippen molar-refractivity contribution >= 4 is 47.5 Å². The number of hydrogen-bond acceptors (Lipinski definition) is 5. The number of nitrogens with zero attached hydrogens (tertiary/aromatic N) is 3. The second kappa shape index (κ2) is 6.22. The quantitative estimate of drug-likeness (QED) is 0.719. The molecule has 0 aliphatic carbocycles. The van der Waals surface area contributed by atoms with Gasteiger partial charge in [-0.25, -0.2) is 8.42 Å². The van der Waals surface area contributed by atoms with Crippen molar-refractivity contribution in [2.75, 3.05) is 40.3 Å². The summed E-state index contributed by atoms with van der Waals surface area (Å²) in [4.78, 5) is 0. The Morgan fingerprint density at radius 3 is 2.05 bits per heavy atom. The SMILES string of the molecule is CN(C)S(=O)(=O)N1CCN(S(=O)(=O)c2sccc2Br)CC1. The van der Waals surface area contributed by atoms with Gasteiger partial charge in [0.15, 0.2) is 0 Å². The molecule has 1 aliphatic rings. The van der Waals surface area contributed by atoms with E-state index in [0.29, 0.717) is 4.47 Å². The second-order valence-corrected chi connectivity index (χ2v) is 10.7. The first kappa shape index (κ1) is 17.3. The summed E-state index contributed by atoms with van der Waals surface area (Å²) in [7, 11) is -4.14. The predicted molar refractivity (Wildman–Crippen MR) is 85.0 cm³/mol. The molecule has 0 saturated carbocycles. The van der Waals surface area contributed by atoms with Crippen molar-refractivity contribution in [3.05, 3.63) is 15.9 Å². The topological polar surface area (TPSA) is 78.0 Å². The lowest BCUT2D eigenvalue weighted by Gasteiger charge is -2.34. The number of rotatable bonds is 4. The van der Waals surface area contributed by atoms with Crippen LogP contribution in [0.2, 0.25) is 0 Å². The van der Waals surface area contributed by atoms with Gasteiger partial charge in [-0.05, 0) is 27.4 Å². The summed E-state index contributed by atoms with van der Waals surface area (Å²) >= 11 is 4.37. The summed E-state index contributed by atoms with van der Waals surface area (Å²) < 4.78 is 53.5. The van der Waals surface area contributed by atoms with Gasteiger partial charge in [0.05, 0.1) is 0 Å². The molecule has 21 heavy (non-hydrogen) atoms. The van der Waals surface area contributed by atoms with Crippen LogP contribution >= 0.6 is 27.3 Å². The molecule has 0 radical (unpaired) electrons. The van der Waals surface area contributed by atoms with Crippen LogP contribution in [0.3, 0.4) is 0 Å². The number of halogens is 1. The highest BCUT2D eigenvalue weighted by molar-refractivity contribution is 9.10. The first-order chi connectivity index (χ1) is 9.67. The summed E-state index contributed by atoms with van der Waals surface area (Å²) in [5.41, 5.74) is 0. The Morgan fingerprint density at radius 1 is 1.10 bits per heavy atom. The Balaban J connectivity index is 2.14. The molecule has 120 valence electrons. The van der Waals surface area contributed by atoms with Gasteiger partial charge < -0.3 is 0 Å². The van der Waals surface area contributed by atoms with Crippen LogP contribution in [0.1, 0.15) is 0 Å². The van der Waals surface area contributed by atoms with Crippen LogP contribution in [-0.2, 0) is 20.2 Å². The smallest absolute Gasteiger partial charge is 0.206 e. The van der Waals surface area contributed by atoms with Crippen LogP contribution < -0.4 is 0 Å². The van der Waals surface area contributed by atoms with Crippen LogP contribution in [0.15, 0.2) is 20.1 Å². The summed E-state index contributed by atoms with van der Waals surface area (Å²) in [6.45, 7) is 0.616. The molecule has 1 saturated heterocycles. The maximum Gasteiger partial charge on any atom is 0.281 e. The fraction of sp³-hybridized carbons (Fsp3) is 0.600. The van der Waals surface area contributed by atoms with E-state index in [2.05, 4.69) is 15.9 Å². The lowest BCUT2D eigenvalue weighted by Crippen LogP contribution is -2.52. The Bertz CT molecular complexity index is 706.